The van der Waals surface area contributed by atoms with E-state index in [0.29, 0.717) is 19.8 Å². The van der Waals surface area contributed by atoms with Crippen LogP contribution >= 0.6 is 11.3 Å². The summed E-state index contributed by atoms with van der Waals surface area (Å²) in [5, 5.41) is 2.85. The molecule has 0 aromatic carbocycles. The van der Waals surface area contributed by atoms with Gasteiger partial charge in [0.25, 0.3) is 10.0 Å². The largest absolute Gasteiger partial charge is 0.378 e. The van der Waals surface area contributed by atoms with Gasteiger partial charge in [0, 0.05) is 25.2 Å². The lowest BCUT2D eigenvalue weighted by Gasteiger charge is -2.32. The molecule has 3 rings (SSSR count). The Balaban J connectivity index is 1.97. The number of morpholine rings is 1. The monoisotopic (exact) mass is 328 g/mol. The van der Waals surface area contributed by atoms with Gasteiger partial charge in [0.1, 0.15) is 0 Å². The van der Waals surface area contributed by atoms with Crippen LogP contribution in [0.2, 0.25) is 0 Å². The van der Waals surface area contributed by atoms with Gasteiger partial charge in [0.05, 0.1) is 36.3 Å². The SMILES string of the molecule is Cc1nc([C@H]2COCCN2S(=O)(=O)c2cn(C)cn2)cs1. The summed E-state index contributed by atoms with van der Waals surface area (Å²) >= 11 is 1.50. The minimum absolute atomic E-state index is 0.0591. The van der Waals surface area contributed by atoms with E-state index >= 15 is 0 Å². The van der Waals surface area contributed by atoms with Crippen LogP contribution in [0.3, 0.4) is 0 Å². The van der Waals surface area contributed by atoms with Gasteiger partial charge < -0.3 is 9.30 Å². The first-order chi connectivity index (χ1) is 9.98. The topological polar surface area (TPSA) is 77.3 Å². The molecule has 21 heavy (non-hydrogen) atoms. The Morgan fingerprint density at radius 1 is 1.48 bits per heavy atom. The summed E-state index contributed by atoms with van der Waals surface area (Å²) in [7, 11) is -1.90. The number of rotatable bonds is 3. The van der Waals surface area contributed by atoms with E-state index in [9.17, 15) is 8.42 Å². The second-order valence-corrected chi connectivity index (χ2v) is 7.77. The molecule has 0 N–H and O–H groups in total. The molecule has 3 heterocycles. The molecular formula is C12H16N4O3S2. The normalized spacial score (nSPS) is 20.8. The van der Waals surface area contributed by atoms with Crippen molar-refractivity contribution in [3.8, 4) is 0 Å². The smallest absolute Gasteiger partial charge is 0.262 e. The van der Waals surface area contributed by atoms with Crippen LogP contribution in [-0.2, 0) is 21.8 Å². The molecule has 1 fully saturated rings. The van der Waals surface area contributed by atoms with Crippen LogP contribution in [0, 0.1) is 6.92 Å². The van der Waals surface area contributed by atoms with E-state index in [2.05, 4.69) is 9.97 Å². The van der Waals surface area contributed by atoms with Gasteiger partial charge in [0.15, 0.2) is 5.03 Å². The predicted octanol–water partition coefficient (Wildman–Crippen LogP) is 0.947. The van der Waals surface area contributed by atoms with Crippen molar-refractivity contribution in [2.24, 2.45) is 7.05 Å². The maximum atomic E-state index is 12.8. The number of imidazole rings is 1. The second kappa shape index (κ2) is 5.48. The van der Waals surface area contributed by atoms with Crippen molar-refractivity contribution in [3.63, 3.8) is 0 Å². The molecule has 9 heteroatoms. The summed E-state index contributed by atoms with van der Waals surface area (Å²) in [6.45, 7) is 2.90. The number of nitrogens with zero attached hydrogens (tertiary/aromatic N) is 4. The van der Waals surface area contributed by atoms with Gasteiger partial charge in [-0.1, -0.05) is 0 Å². The first-order valence-electron chi connectivity index (χ1n) is 6.48. The summed E-state index contributed by atoms with van der Waals surface area (Å²) < 4.78 is 34.0. The first-order valence-corrected chi connectivity index (χ1v) is 8.80. The van der Waals surface area contributed by atoms with Gasteiger partial charge >= 0.3 is 0 Å². The Kier molecular flexibility index (Phi) is 3.82. The highest BCUT2D eigenvalue weighted by Gasteiger charge is 2.37. The number of hydrogen-bond acceptors (Lipinski definition) is 6. The summed E-state index contributed by atoms with van der Waals surface area (Å²) in [5.74, 6) is 0. The van der Waals surface area contributed by atoms with Crippen LogP contribution in [-0.4, -0.2) is 47.0 Å². The Hall–Kier alpha value is -1.29. The Bertz CT molecular complexity index is 737. The molecule has 1 aliphatic heterocycles. The van der Waals surface area contributed by atoms with E-state index in [1.807, 2.05) is 12.3 Å². The van der Waals surface area contributed by atoms with Crippen LogP contribution in [0.5, 0.6) is 0 Å². The number of aromatic nitrogens is 3. The lowest BCUT2D eigenvalue weighted by molar-refractivity contribution is 0.0306. The Labute approximate surface area is 127 Å². The Morgan fingerprint density at radius 2 is 2.29 bits per heavy atom. The van der Waals surface area contributed by atoms with E-state index in [1.54, 1.807) is 11.6 Å². The third kappa shape index (κ3) is 2.73. The summed E-state index contributed by atoms with van der Waals surface area (Å²) in [4.78, 5) is 8.37. The second-order valence-electron chi connectivity index (χ2n) is 4.88. The molecule has 114 valence electrons. The van der Waals surface area contributed by atoms with Gasteiger partial charge in [-0.15, -0.1) is 11.3 Å². The minimum Gasteiger partial charge on any atom is -0.378 e. The zero-order valence-electron chi connectivity index (χ0n) is 11.8. The zero-order valence-corrected chi connectivity index (χ0v) is 13.4. The highest BCUT2D eigenvalue weighted by atomic mass is 32.2. The molecule has 0 spiro atoms. The number of thiazole rings is 1. The summed E-state index contributed by atoms with van der Waals surface area (Å²) in [5.41, 5.74) is 0.733. The van der Waals surface area contributed by atoms with Gasteiger partial charge in [-0.2, -0.15) is 4.31 Å². The van der Waals surface area contributed by atoms with Crippen LogP contribution in [0.1, 0.15) is 16.7 Å². The summed E-state index contributed by atoms with van der Waals surface area (Å²) in [6, 6.07) is -0.393. The average molecular weight is 328 g/mol. The van der Waals surface area contributed by atoms with E-state index < -0.39 is 16.1 Å². The van der Waals surface area contributed by atoms with Crippen molar-refractivity contribution in [1.29, 1.82) is 0 Å². The van der Waals surface area contributed by atoms with E-state index in [4.69, 9.17) is 4.74 Å². The Morgan fingerprint density at radius 3 is 2.90 bits per heavy atom. The van der Waals surface area contributed by atoms with Crippen molar-refractivity contribution in [3.05, 3.63) is 28.6 Å². The van der Waals surface area contributed by atoms with E-state index in [0.717, 1.165) is 10.7 Å². The molecule has 0 aliphatic carbocycles. The minimum atomic E-state index is -3.64. The van der Waals surface area contributed by atoms with Gasteiger partial charge in [0.2, 0.25) is 0 Å². The highest BCUT2D eigenvalue weighted by Crippen LogP contribution is 2.30. The van der Waals surface area contributed by atoms with E-state index in [1.165, 1.54) is 28.2 Å². The van der Waals surface area contributed by atoms with Crippen molar-refractivity contribution in [1.82, 2.24) is 18.8 Å². The van der Waals surface area contributed by atoms with Crippen molar-refractivity contribution < 1.29 is 13.2 Å². The van der Waals surface area contributed by atoms with Crippen LogP contribution in [0.4, 0.5) is 0 Å². The molecule has 0 unspecified atom stereocenters. The third-order valence-electron chi connectivity index (χ3n) is 3.31. The zero-order chi connectivity index (χ0) is 15.0. The fourth-order valence-corrected chi connectivity index (χ4v) is 4.48. The molecule has 1 aliphatic rings. The molecule has 1 saturated heterocycles. The van der Waals surface area contributed by atoms with Gasteiger partial charge in [-0.3, -0.25) is 0 Å². The lowest BCUT2D eigenvalue weighted by Crippen LogP contribution is -2.43. The molecule has 0 radical (unpaired) electrons. The first kappa shape index (κ1) is 14.6. The number of ether oxygens (including phenoxy) is 1. The number of hydrogen-bond donors (Lipinski definition) is 0. The molecule has 0 amide bonds. The quantitative estimate of drug-likeness (QED) is 0.838. The van der Waals surface area contributed by atoms with Crippen LogP contribution in [0.15, 0.2) is 22.9 Å². The molecule has 1 atom stereocenters. The molecule has 0 saturated carbocycles. The maximum Gasteiger partial charge on any atom is 0.262 e. The maximum absolute atomic E-state index is 12.8. The molecule has 2 aromatic heterocycles. The molecule has 2 aromatic rings. The highest BCUT2D eigenvalue weighted by molar-refractivity contribution is 7.89. The van der Waals surface area contributed by atoms with E-state index in [-0.39, 0.29) is 5.03 Å². The third-order valence-corrected chi connectivity index (χ3v) is 5.90. The molecule has 0 bridgehead atoms. The average Bonchev–Trinajstić information content (AvgIpc) is 3.08. The fourth-order valence-electron chi connectivity index (χ4n) is 2.28. The lowest BCUT2D eigenvalue weighted by atomic mass is 10.2. The molecular weight excluding hydrogens is 312 g/mol. The van der Waals surface area contributed by atoms with Crippen LogP contribution in [0.25, 0.3) is 0 Å². The standard InChI is InChI=1S/C12H16N4O3S2/c1-9-14-10(7-20-9)11-6-19-4-3-16(11)21(17,18)12-5-15(2)8-13-12/h5,7-8,11H,3-4,6H2,1-2H3/t11-/m1/s1. The predicted molar refractivity (Wildman–Crippen MR) is 77.5 cm³/mol. The van der Waals surface area contributed by atoms with Gasteiger partial charge in [-0.05, 0) is 6.92 Å². The van der Waals surface area contributed by atoms with Crippen molar-refractivity contribution in [2.75, 3.05) is 19.8 Å². The van der Waals surface area contributed by atoms with Crippen molar-refractivity contribution >= 4 is 21.4 Å². The molecule has 7 nitrogen and oxygen atoms in total. The van der Waals surface area contributed by atoms with Gasteiger partial charge in [-0.25, -0.2) is 18.4 Å². The van der Waals surface area contributed by atoms with Crippen LogP contribution < -0.4 is 0 Å². The van der Waals surface area contributed by atoms with Crippen molar-refractivity contribution in [2.45, 2.75) is 18.0 Å². The number of aryl methyl sites for hydroxylation is 2. The summed E-state index contributed by atoms with van der Waals surface area (Å²) in [6.07, 6.45) is 2.99. The fraction of sp³-hybridized carbons (Fsp3) is 0.500. The number of sulfonamides is 1.